The van der Waals surface area contributed by atoms with Crippen LogP contribution in [0.1, 0.15) is 21.6 Å². The molecule has 0 aliphatic heterocycles. The summed E-state index contributed by atoms with van der Waals surface area (Å²) in [7, 11) is 2.64. The van der Waals surface area contributed by atoms with Gasteiger partial charge in [0.05, 0.1) is 36.7 Å². The van der Waals surface area contributed by atoms with Gasteiger partial charge in [-0.2, -0.15) is 0 Å². The normalized spacial score (nSPS) is 9.24. The van der Waals surface area contributed by atoms with Crippen LogP contribution in [0.5, 0.6) is 5.75 Å². The molecule has 9 heteroatoms. The number of carbonyl (C=O) groups is 2. The first-order chi connectivity index (χ1) is 20.3. The third-order valence-corrected chi connectivity index (χ3v) is 5.09. The molecule has 2 N–H and O–H groups in total. The fraction of sp³-hybridized carbons (Fsp3) is 0.188. The van der Waals surface area contributed by atoms with Gasteiger partial charge in [0.1, 0.15) is 24.8 Å². The van der Waals surface area contributed by atoms with Gasteiger partial charge in [-0.15, -0.1) is 13.2 Å². The van der Waals surface area contributed by atoms with Crippen molar-refractivity contribution in [1.82, 2.24) is 9.97 Å². The van der Waals surface area contributed by atoms with Crippen LogP contribution >= 0.6 is 0 Å². The highest BCUT2D eigenvalue weighted by molar-refractivity contribution is 5.96. The van der Waals surface area contributed by atoms with Gasteiger partial charge in [-0.1, -0.05) is 30.0 Å². The Labute approximate surface area is 240 Å². The van der Waals surface area contributed by atoms with E-state index >= 15 is 0 Å². The average Bonchev–Trinajstić information content (AvgIpc) is 3.05. The first-order valence-corrected chi connectivity index (χ1v) is 12.4. The number of rotatable bonds is 10. The topological polar surface area (TPSA) is 120 Å². The number of pyridine rings is 2. The Hall–Kier alpha value is -4.88. The summed E-state index contributed by atoms with van der Waals surface area (Å²) < 4.78 is 16.4. The lowest BCUT2D eigenvalue weighted by atomic mass is 10.1. The van der Waals surface area contributed by atoms with Gasteiger partial charge in [0.15, 0.2) is 6.29 Å². The Morgan fingerprint density at radius 2 is 1.61 bits per heavy atom. The van der Waals surface area contributed by atoms with E-state index in [1.54, 1.807) is 31.6 Å². The lowest BCUT2D eigenvalue weighted by Gasteiger charge is -2.13. The van der Waals surface area contributed by atoms with E-state index in [1.165, 1.54) is 0 Å². The van der Waals surface area contributed by atoms with Gasteiger partial charge < -0.3 is 29.4 Å². The number of aldehydes is 1. The molecule has 214 valence electrons. The van der Waals surface area contributed by atoms with Crippen LogP contribution in [0, 0.1) is 11.8 Å². The van der Waals surface area contributed by atoms with Crippen LogP contribution in [-0.2, 0) is 14.3 Å². The Bertz CT molecular complexity index is 1380. The Balaban J connectivity index is 0.00000131. The van der Waals surface area contributed by atoms with Crippen molar-refractivity contribution >= 4 is 35.4 Å². The molecular weight excluding hydrogens is 522 g/mol. The summed E-state index contributed by atoms with van der Waals surface area (Å²) in [6.45, 7) is 10.0. The smallest absolute Gasteiger partial charge is 0.168 e. The highest BCUT2D eigenvalue weighted by Crippen LogP contribution is 2.31. The van der Waals surface area contributed by atoms with Crippen LogP contribution in [0.3, 0.4) is 0 Å². The van der Waals surface area contributed by atoms with Gasteiger partial charge in [0, 0.05) is 43.1 Å². The molecule has 0 aliphatic rings. The number of fused-ring (bicyclic) bond motifs is 1. The van der Waals surface area contributed by atoms with Crippen LogP contribution in [0.25, 0.3) is 10.9 Å². The van der Waals surface area contributed by atoms with Gasteiger partial charge >= 0.3 is 0 Å². The van der Waals surface area contributed by atoms with Crippen molar-refractivity contribution in [3.63, 3.8) is 0 Å². The Morgan fingerprint density at radius 1 is 0.878 bits per heavy atom. The number of aliphatic hydroxyl groups excluding tert-OH is 1. The second kappa shape index (κ2) is 21.0. The number of methoxy groups -OCH3 is 1. The van der Waals surface area contributed by atoms with E-state index in [-0.39, 0.29) is 0 Å². The summed E-state index contributed by atoms with van der Waals surface area (Å²) in [5.74, 6) is 7.03. The molecule has 2 heterocycles. The second-order valence-electron chi connectivity index (χ2n) is 7.47. The highest BCUT2D eigenvalue weighted by Gasteiger charge is 2.09. The summed E-state index contributed by atoms with van der Waals surface area (Å²) in [6, 6.07) is 19.0. The zero-order chi connectivity index (χ0) is 30.3. The first kappa shape index (κ1) is 34.1. The van der Waals surface area contributed by atoms with Crippen molar-refractivity contribution in [3.8, 4) is 17.6 Å². The highest BCUT2D eigenvalue weighted by atomic mass is 16.5. The molecule has 0 spiro atoms. The summed E-state index contributed by atoms with van der Waals surface area (Å²) in [4.78, 5) is 27.4. The molecule has 4 aromatic rings. The van der Waals surface area contributed by atoms with Crippen LogP contribution in [0.2, 0.25) is 0 Å². The van der Waals surface area contributed by atoms with Crippen molar-refractivity contribution in [2.75, 3.05) is 46.0 Å². The molecule has 9 nitrogen and oxygen atoms in total. The molecule has 2 aromatic heterocycles. The number of carbonyl (C=O) groups excluding carboxylic acids is 2. The Morgan fingerprint density at radius 3 is 2.32 bits per heavy atom. The lowest BCUT2D eigenvalue weighted by Crippen LogP contribution is -2.10. The lowest BCUT2D eigenvalue weighted by molar-refractivity contribution is -0.0980. The van der Waals surface area contributed by atoms with Crippen molar-refractivity contribution < 1.29 is 28.9 Å². The van der Waals surface area contributed by atoms with Gasteiger partial charge in [0.2, 0.25) is 0 Å². The molecule has 41 heavy (non-hydrogen) atoms. The van der Waals surface area contributed by atoms with E-state index in [0.29, 0.717) is 38.4 Å². The SMILES string of the molecule is C=C.C=O.CO.COCCOCCOc1ccnc2c(Nc3ccccc3C#Cc3ccc(C=O)nc3)cccc12. The number of nitrogens with zero attached hydrogens (tertiary/aromatic N) is 2. The first-order valence-electron chi connectivity index (χ1n) is 12.4. The number of benzene rings is 2. The number of aromatic nitrogens is 2. The molecule has 0 fully saturated rings. The number of ether oxygens (including phenoxy) is 3. The molecule has 0 unspecified atom stereocenters. The second-order valence-corrected chi connectivity index (χ2v) is 7.47. The molecule has 4 rings (SSSR count). The number of anilines is 2. The zero-order valence-corrected chi connectivity index (χ0v) is 23.3. The molecule has 0 saturated heterocycles. The largest absolute Gasteiger partial charge is 0.490 e. The summed E-state index contributed by atoms with van der Waals surface area (Å²) in [5, 5.41) is 11.4. The molecule has 0 saturated carbocycles. The van der Waals surface area contributed by atoms with Crippen LogP contribution in [0.4, 0.5) is 11.4 Å². The molecule has 0 bridgehead atoms. The molecule has 2 aromatic carbocycles. The van der Waals surface area contributed by atoms with Gasteiger partial charge in [-0.05, 0) is 42.5 Å². The van der Waals surface area contributed by atoms with Crippen molar-refractivity contribution in [2.24, 2.45) is 0 Å². The monoisotopic (exact) mass is 557 g/mol. The third-order valence-electron chi connectivity index (χ3n) is 5.09. The van der Waals surface area contributed by atoms with E-state index in [2.05, 4.69) is 40.3 Å². The van der Waals surface area contributed by atoms with E-state index in [9.17, 15) is 4.79 Å². The Kier molecular flexibility index (Phi) is 17.5. The number of hydrogen-bond donors (Lipinski definition) is 2. The van der Waals surface area contributed by atoms with Crippen molar-refractivity contribution in [2.45, 2.75) is 0 Å². The number of hydrogen-bond acceptors (Lipinski definition) is 9. The third kappa shape index (κ3) is 11.0. The maximum absolute atomic E-state index is 10.8. The summed E-state index contributed by atoms with van der Waals surface area (Å²) in [5.41, 5.74) is 4.42. The average molecular weight is 558 g/mol. The maximum atomic E-state index is 10.8. The quantitative estimate of drug-likeness (QED) is 0.122. The van der Waals surface area contributed by atoms with Crippen LogP contribution < -0.4 is 10.1 Å². The fourth-order valence-corrected chi connectivity index (χ4v) is 3.37. The minimum Gasteiger partial charge on any atom is -0.490 e. The van der Waals surface area contributed by atoms with E-state index in [0.717, 1.165) is 46.3 Å². The molecule has 0 aliphatic carbocycles. The van der Waals surface area contributed by atoms with E-state index in [4.69, 9.17) is 24.1 Å². The van der Waals surface area contributed by atoms with E-state index in [1.807, 2.05) is 55.3 Å². The van der Waals surface area contributed by atoms with Crippen molar-refractivity contribution in [3.05, 3.63) is 103 Å². The standard InChI is InChI=1S/C28H25N3O4.C2H4.CH4O.CH2O/c1-33-15-16-34-17-18-35-27-13-14-29-28-24(27)6-4-8-26(28)31-25-7-3-2-5-22(25)11-9-21-10-12-23(20-32)30-19-21;3*1-2/h2-8,10,12-14,19-20,31H,15-18H2,1H3;1-2H2;2H,1H3;1H2. The molecular formula is C32H35N3O6. The fourth-order valence-electron chi connectivity index (χ4n) is 3.37. The number of nitrogens with one attached hydrogen (secondary N) is 1. The molecule has 0 atom stereocenters. The minimum absolute atomic E-state index is 0.378. The molecule has 0 amide bonds. The molecule has 0 radical (unpaired) electrons. The predicted molar refractivity (Wildman–Crippen MR) is 162 cm³/mol. The predicted octanol–water partition coefficient (Wildman–Crippen LogP) is 4.85. The summed E-state index contributed by atoms with van der Waals surface area (Å²) in [6.07, 6.45) is 4.03. The van der Waals surface area contributed by atoms with Crippen LogP contribution in [0.15, 0.2) is 86.2 Å². The van der Waals surface area contributed by atoms with Gasteiger partial charge in [0.25, 0.3) is 0 Å². The van der Waals surface area contributed by atoms with Crippen LogP contribution in [-0.4, -0.2) is 68.8 Å². The number of para-hydroxylation sites is 2. The minimum atomic E-state index is 0.378. The van der Waals surface area contributed by atoms with E-state index < -0.39 is 0 Å². The zero-order valence-electron chi connectivity index (χ0n) is 23.3. The van der Waals surface area contributed by atoms with Crippen molar-refractivity contribution in [1.29, 1.82) is 0 Å². The van der Waals surface area contributed by atoms with Gasteiger partial charge in [-0.3, -0.25) is 14.8 Å². The number of aliphatic hydroxyl groups is 1. The maximum Gasteiger partial charge on any atom is 0.168 e. The van der Waals surface area contributed by atoms with Gasteiger partial charge in [-0.25, -0.2) is 0 Å². The summed E-state index contributed by atoms with van der Waals surface area (Å²) >= 11 is 0.